The monoisotopic (exact) mass is 238 g/mol. The summed E-state index contributed by atoms with van der Waals surface area (Å²) in [4.78, 5) is 8.50. The SMILES string of the molecule is CCCCCCOCc1nc(C)cc(NN)n1. The highest BCUT2D eigenvalue weighted by Crippen LogP contribution is 2.06. The fourth-order valence-electron chi connectivity index (χ4n) is 1.56. The molecule has 1 aromatic heterocycles. The molecule has 0 aromatic carbocycles. The maximum absolute atomic E-state index is 5.53. The van der Waals surface area contributed by atoms with E-state index in [1.165, 1.54) is 19.3 Å². The van der Waals surface area contributed by atoms with Gasteiger partial charge in [-0.05, 0) is 13.3 Å². The maximum atomic E-state index is 5.53. The Morgan fingerprint density at radius 2 is 2.12 bits per heavy atom. The van der Waals surface area contributed by atoms with Crippen molar-refractivity contribution in [1.29, 1.82) is 0 Å². The Kier molecular flexibility index (Phi) is 6.50. The molecule has 5 nitrogen and oxygen atoms in total. The standard InChI is InChI=1S/C12H22N4O/c1-3-4-5-6-7-17-9-12-14-10(2)8-11(15-12)16-13/h8H,3-7,9,13H2,1-2H3,(H,14,15,16). The molecule has 5 heteroatoms. The second kappa shape index (κ2) is 7.97. The number of hydrogen-bond acceptors (Lipinski definition) is 5. The van der Waals surface area contributed by atoms with Gasteiger partial charge in [0.1, 0.15) is 12.4 Å². The van der Waals surface area contributed by atoms with E-state index in [2.05, 4.69) is 22.3 Å². The van der Waals surface area contributed by atoms with Crippen LogP contribution in [0.3, 0.4) is 0 Å². The molecule has 0 saturated carbocycles. The summed E-state index contributed by atoms with van der Waals surface area (Å²) in [5.74, 6) is 6.62. The fourth-order valence-corrected chi connectivity index (χ4v) is 1.56. The third-order valence-corrected chi connectivity index (χ3v) is 2.42. The van der Waals surface area contributed by atoms with Gasteiger partial charge in [-0.25, -0.2) is 15.8 Å². The molecule has 0 fully saturated rings. The number of anilines is 1. The second-order valence-electron chi connectivity index (χ2n) is 4.07. The number of nitrogen functional groups attached to an aromatic ring is 1. The molecular weight excluding hydrogens is 216 g/mol. The highest BCUT2D eigenvalue weighted by molar-refractivity contribution is 5.33. The first-order valence-electron chi connectivity index (χ1n) is 6.15. The molecule has 0 amide bonds. The Morgan fingerprint density at radius 1 is 1.29 bits per heavy atom. The van der Waals surface area contributed by atoms with Gasteiger partial charge in [-0.15, -0.1) is 0 Å². The molecule has 1 aromatic rings. The minimum absolute atomic E-state index is 0.447. The smallest absolute Gasteiger partial charge is 0.156 e. The van der Waals surface area contributed by atoms with E-state index < -0.39 is 0 Å². The highest BCUT2D eigenvalue weighted by Gasteiger charge is 2.01. The van der Waals surface area contributed by atoms with Crippen LogP contribution >= 0.6 is 0 Å². The van der Waals surface area contributed by atoms with E-state index >= 15 is 0 Å². The Morgan fingerprint density at radius 3 is 2.82 bits per heavy atom. The van der Waals surface area contributed by atoms with Crippen molar-refractivity contribution in [2.75, 3.05) is 12.0 Å². The van der Waals surface area contributed by atoms with E-state index in [9.17, 15) is 0 Å². The van der Waals surface area contributed by atoms with E-state index in [0.29, 0.717) is 18.2 Å². The van der Waals surface area contributed by atoms with Crippen molar-refractivity contribution in [3.05, 3.63) is 17.6 Å². The molecule has 0 atom stereocenters. The fraction of sp³-hybridized carbons (Fsp3) is 0.667. The molecule has 0 unspecified atom stereocenters. The lowest BCUT2D eigenvalue weighted by Crippen LogP contribution is -2.11. The molecule has 1 heterocycles. The Labute approximate surface area is 103 Å². The quantitative estimate of drug-likeness (QED) is 0.412. The second-order valence-corrected chi connectivity index (χ2v) is 4.07. The van der Waals surface area contributed by atoms with Crippen LogP contribution in [0.1, 0.15) is 44.1 Å². The van der Waals surface area contributed by atoms with Gasteiger partial charge in [-0.1, -0.05) is 26.2 Å². The largest absolute Gasteiger partial charge is 0.373 e. The van der Waals surface area contributed by atoms with Crippen LogP contribution < -0.4 is 11.3 Å². The average Bonchev–Trinajstić information content (AvgIpc) is 2.33. The van der Waals surface area contributed by atoms with Crippen molar-refractivity contribution in [2.45, 2.75) is 46.1 Å². The van der Waals surface area contributed by atoms with Crippen LogP contribution in [0.2, 0.25) is 0 Å². The number of aryl methyl sites for hydroxylation is 1. The summed E-state index contributed by atoms with van der Waals surface area (Å²) in [7, 11) is 0. The van der Waals surface area contributed by atoms with E-state index in [1.807, 2.05) is 6.92 Å². The number of aromatic nitrogens is 2. The molecule has 1 rings (SSSR count). The highest BCUT2D eigenvalue weighted by atomic mass is 16.5. The predicted molar refractivity (Wildman–Crippen MR) is 68.4 cm³/mol. The summed E-state index contributed by atoms with van der Waals surface area (Å²) < 4.78 is 5.53. The van der Waals surface area contributed by atoms with Crippen molar-refractivity contribution in [1.82, 2.24) is 9.97 Å². The molecule has 0 aliphatic heterocycles. The maximum Gasteiger partial charge on any atom is 0.156 e. The number of nitrogens with one attached hydrogen (secondary N) is 1. The van der Waals surface area contributed by atoms with Crippen molar-refractivity contribution in [3.8, 4) is 0 Å². The molecular formula is C12H22N4O. The van der Waals surface area contributed by atoms with Crippen molar-refractivity contribution in [2.24, 2.45) is 5.84 Å². The van der Waals surface area contributed by atoms with Crippen LogP contribution in [-0.2, 0) is 11.3 Å². The molecule has 0 aliphatic carbocycles. The molecule has 96 valence electrons. The van der Waals surface area contributed by atoms with Crippen LogP contribution in [0.4, 0.5) is 5.82 Å². The normalized spacial score (nSPS) is 10.5. The molecule has 17 heavy (non-hydrogen) atoms. The molecule has 0 bridgehead atoms. The lowest BCUT2D eigenvalue weighted by molar-refractivity contribution is 0.111. The molecule has 0 spiro atoms. The zero-order valence-corrected chi connectivity index (χ0v) is 10.7. The summed E-state index contributed by atoms with van der Waals surface area (Å²) in [5, 5.41) is 0. The first-order valence-corrected chi connectivity index (χ1v) is 6.15. The van der Waals surface area contributed by atoms with Gasteiger partial charge in [-0.3, -0.25) is 0 Å². The van der Waals surface area contributed by atoms with Gasteiger partial charge in [0, 0.05) is 18.4 Å². The minimum Gasteiger partial charge on any atom is -0.373 e. The zero-order chi connectivity index (χ0) is 12.5. The topological polar surface area (TPSA) is 73.1 Å². The van der Waals surface area contributed by atoms with Gasteiger partial charge in [0.2, 0.25) is 0 Å². The Hall–Kier alpha value is -1.20. The van der Waals surface area contributed by atoms with Crippen molar-refractivity contribution >= 4 is 5.82 Å². The first kappa shape index (κ1) is 13.9. The van der Waals surface area contributed by atoms with E-state index in [-0.39, 0.29) is 0 Å². The molecule has 3 N–H and O–H groups in total. The number of nitrogens with zero attached hydrogens (tertiary/aromatic N) is 2. The van der Waals surface area contributed by atoms with Crippen molar-refractivity contribution < 1.29 is 4.74 Å². The van der Waals surface area contributed by atoms with Crippen LogP contribution in [-0.4, -0.2) is 16.6 Å². The lowest BCUT2D eigenvalue weighted by atomic mass is 10.2. The Bertz CT molecular complexity index is 330. The number of ether oxygens (including phenoxy) is 1. The molecule has 0 saturated heterocycles. The van der Waals surface area contributed by atoms with Gasteiger partial charge in [0.15, 0.2) is 5.82 Å². The number of rotatable bonds is 8. The molecule has 0 radical (unpaired) electrons. The van der Waals surface area contributed by atoms with Crippen molar-refractivity contribution in [3.63, 3.8) is 0 Å². The summed E-state index contributed by atoms with van der Waals surface area (Å²) in [6.07, 6.45) is 4.83. The van der Waals surface area contributed by atoms with Crippen LogP contribution in [0.15, 0.2) is 6.07 Å². The van der Waals surface area contributed by atoms with Gasteiger partial charge < -0.3 is 10.2 Å². The predicted octanol–water partition coefficient (Wildman–Crippen LogP) is 2.17. The number of unbranched alkanes of at least 4 members (excludes halogenated alkanes) is 3. The Balaban J connectivity index is 2.28. The summed E-state index contributed by atoms with van der Waals surface area (Å²) in [6, 6.07) is 1.80. The number of nitrogens with two attached hydrogens (primary N) is 1. The third kappa shape index (κ3) is 5.60. The summed E-state index contributed by atoms with van der Waals surface area (Å²) in [5.41, 5.74) is 3.41. The van der Waals surface area contributed by atoms with Gasteiger partial charge in [0.25, 0.3) is 0 Å². The minimum atomic E-state index is 0.447. The summed E-state index contributed by atoms with van der Waals surface area (Å²) in [6.45, 7) is 5.32. The molecule has 0 aliphatic rings. The van der Waals surface area contributed by atoms with E-state index in [4.69, 9.17) is 10.6 Å². The zero-order valence-electron chi connectivity index (χ0n) is 10.7. The number of hydrazine groups is 1. The van der Waals surface area contributed by atoms with Gasteiger partial charge >= 0.3 is 0 Å². The van der Waals surface area contributed by atoms with E-state index in [1.54, 1.807) is 6.07 Å². The van der Waals surface area contributed by atoms with Gasteiger partial charge in [-0.2, -0.15) is 0 Å². The van der Waals surface area contributed by atoms with Crippen LogP contribution in [0.5, 0.6) is 0 Å². The number of hydrogen-bond donors (Lipinski definition) is 2. The summed E-state index contributed by atoms with van der Waals surface area (Å²) >= 11 is 0. The average molecular weight is 238 g/mol. The van der Waals surface area contributed by atoms with E-state index in [0.717, 1.165) is 18.7 Å². The van der Waals surface area contributed by atoms with Gasteiger partial charge in [0.05, 0.1) is 0 Å². The van der Waals surface area contributed by atoms with Crippen LogP contribution in [0.25, 0.3) is 0 Å². The van der Waals surface area contributed by atoms with Crippen LogP contribution in [0, 0.1) is 6.92 Å². The lowest BCUT2D eigenvalue weighted by Gasteiger charge is -2.06. The first-order chi connectivity index (χ1) is 8.26. The third-order valence-electron chi connectivity index (χ3n) is 2.42.